The lowest BCUT2D eigenvalue weighted by molar-refractivity contribution is -0.274. The van der Waals surface area contributed by atoms with Crippen molar-refractivity contribution in [2.24, 2.45) is 0 Å². The molecule has 2 aliphatic rings. The molecule has 1 saturated carbocycles. The van der Waals surface area contributed by atoms with E-state index < -0.39 is 0 Å². The third-order valence-electron chi connectivity index (χ3n) is 4.13. The van der Waals surface area contributed by atoms with Gasteiger partial charge in [0.15, 0.2) is 5.79 Å². The normalized spacial score (nSPS) is 28.2. The van der Waals surface area contributed by atoms with Gasteiger partial charge in [-0.3, -0.25) is 0 Å². The fourth-order valence-electron chi connectivity index (χ4n) is 3.06. The molecule has 2 heteroatoms. The summed E-state index contributed by atoms with van der Waals surface area (Å²) >= 11 is 0. The summed E-state index contributed by atoms with van der Waals surface area (Å²) in [7, 11) is 0. The van der Waals surface area contributed by atoms with Gasteiger partial charge in [-0.05, 0) is 19.3 Å². The zero-order valence-corrected chi connectivity index (χ0v) is 11.2. The van der Waals surface area contributed by atoms with E-state index >= 15 is 0 Å². The smallest absolute Gasteiger partial charge is 0.168 e. The molecule has 2 fully saturated rings. The Kier molecular flexibility index (Phi) is 5.79. The van der Waals surface area contributed by atoms with E-state index in [0.717, 1.165) is 32.5 Å². The summed E-state index contributed by atoms with van der Waals surface area (Å²) < 4.78 is 12.0. The van der Waals surface area contributed by atoms with Crippen molar-refractivity contribution in [2.75, 3.05) is 13.2 Å². The van der Waals surface area contributed by atoms with Crippen molar-refractivity contribution in [3.63, 3.8) is 0 Å². The summed E-state index contributed by atoms with van der Waals surface area (Å²) in [6, 6.07) is 0. The Bertz CT molecular complexity index is 183. The quantitative estimate of drug-likeness (QED) is 0.624. The van der Waals surface area contributed by atoms with Crippen LogP contribution in [0.3, 0.4) is 0 Å². The van der Waals surface area contributed by atoms with E-state index in [1.54, 1.807) is 0 Å². The van der Waals surface area contributed by atoms with Crippen molar-refractivity contribution in [2.45, 2.75) is 82.8 Å². The Morgan fingerprint density at radius 3 is 1.35 bits per heavy atom. The molecule has 2 nitrogen and oxygen atoms in total. The average Bonchev–Trinajstić information content (AvgIpc) is 2.35. The Morgan fingerprint density at radius 2 is 0.882 bits per heavy atom. The third kappa shape index (κ3) is 4.59. The highest BCUT2D eigenvalue weighted by Crippen LogP contribution is 2.31. The SMILES string of the molecule is C1CCCCCC2(CCCCC1)OCCCO2. The van der Waals surface area contributed by atoms with Gasteiger partial charge in [0.05, 0.1) is 13.2 Å². The summed E-state index contributed by atoms with van der Waals surface area (Å²) in [5.41, 5.74) is 0. The van der Waals surface area contributed by atoms with Gasteiger partial charge in [0.25, 0.3) is 0 Å². The van der Waals surface area contributed by atoms with Gasteiger partial charge < -0.3 is 9.47 Å². The molecule has 0 aromatic rings. The molecule has 0 bridgehead atoms. The first-order valence-electron chi connectivity index (χ1n) is 7.69. The van der Waals surface area contributed by atoms with Gasteiger partial charge in [-0.25, -0.2) is 0 Å². The molecule has 0 unspecified atom stereocenters. The van der Waals surface area contributed by atoms with Gasteiger partial charge in [0.2, 0.25) is 0 Å². The standard InChI is InChI=1S/C15H28O2/c1-2-4-6-8-11-15(12-9-7-5-3-1)16-13-10-14-17-15/h1-14H2. The van der Waals surface area contributed by atoms with E-state index in [0.29, 0.717) is 0 Å². The lowest BCUT2D eigenvalue weighted by Gasteiger charge is -2.37. The molecule has 100 valence electrons. The van der Waals surface area contributed by atoms with E-state index in [1.165, 1.54) is 57.8 Å². The van der Waals surface area contributed by atoms with Crippen LogP contribution in [0.15, 0.2) is 0 Å². The van der Waals surface area contributed by atoms with Gasteiger partial charge in [-0.1, -0.05) is 44.9 Å². The minimum atomic E-state index is -0.197. The lowest BCUT2D eigenvalue weighted by atomic mass is 9.96. The second-order valence-electron chi connectivity index (χ2n) is 5.64. The van der Waals surface area contributed by atoms with Crippen molar-refractivity contribution >= 4 is 0 Å². The Hall–Kier alpha value is -0.0800. The first kappa shape index (κ1) is 13.4. The van der Waals surface area contributed by atoms with Gasteiger partial charge in [-0.2, -0.15) is 0 Å². The van der Waals surface area contributed by atoms with Crippen LogP contribution < -0.4 is 0 Å². The van der Waals surface area contributed by atoms with E-state index in [2.05, 4.69) is 0 Å². The van der Waals surface area contributed by atoms with Crippen molar-refractivity contribution in [3.05, 3.63) is 0 Å². The molecule has 0 aromatic heterocycles. The van der Waals surface area contributed by atoms with Crippen molar-refractivity contribution in [3.8, 4) is 0 Å². The predicted octanol–water partition coefficient (Wildman–Crippen LogP) is 4.42. The molecule has 17 heavy (non-hydrogen) atoms. The molecular formula is C15H28O2. The van der Waals surface area contributed by atoms with Crippen LogP contribution in [0.5, 0.6) is 0 Å². The Labute approximate surface area is 106 Å². The summed E-state index contributed by atoms with van der Waals surface area (Å²) in [6.45, 7) is 1.81. The maximum atomic E-state index is 5.99. The largest absolute Gasteiger partial charge is 0.350 e. The summed E-state index contributed by atoms with van der Waals surface area (Å²) in [6.07, 6.45) is 15.7. The van der Waals surface area contributed by atoms with E-state index in [4.69, 9.17) is 9.47 Å². The molecule has 0 N–H and O–H groups in total. The molecule has 0 aromatic carbocycles. The predicted molar refractivity (Wildman–Crippen MR) is 70.0 cm³/mol. The van der Waals surface area contributed by atoms with Crippen LogP contribution >= 0.6 is 0 Å². The Morgan fingerprint density at radius 1 is 0.471 bits per heavy atom. The minimum Gasteiger partial charge on any atom is -0.350 e. The lowest BCUT2D eigenvalue weighted by Crippen LogP contribution is -2.40. The average molecular weight is 240 g/mol. The van der Waals surface area contributed by atoms with Gasteiger partial charge >= 0.3 is 0 Å². The third-order valence-corrected chi connectivity index (χ3v) is 4.13. The zero-order valence-electron chi connectivity index (χ0n) is 11.2. The van der Waals surface area contributed by atoms with Crippen LogP contribution in [-0.2, 0) is 9.47 Å². The molecule has 1 saturated heterocycles. The van der Waals surface area contributed by atoms with Crippen molar-refractivity contribution in [1.82, 2.24) is 0 Å². The summed E-state index contributed by atoms with van der Waals surface area (Å²) in [4.78, 5) is 0. The van der Waals surface area contributed by atoms with E-state index in [-0.39, 0.29) is 5.79 Å². The highest BCUT2D eigenvalue weighted by Gasteiger charge is 2.33. The molecular weight excluding hydrogens is 212 g/mol. The molecule has 2 rings (SSSR count). The van der Waals surface area contributed by atoms with Gasteiger partial charge in [0.1, 0.15) is 0 Å². The van der Waals surface area contributed by atoms with Crippen LogP contribution in [0.2, 0.25) is 0 Å². The molecule has 1 heterocycles. The second-order valence-corrected chi connectivity index (χ2v) is 5.64. The van der Waals surface area contributed by atoms with Crippen LogP contribution in [0.1, 0.15) is 77.0 Å². The molecule has 0 atom stereocenters. The maximum absolute atomic E-state index is 5.99. The highest BCUT2D eigenvalue weighted by atomic mass is 16.7. The molecule has 1 aliphatic carbocycles. The fraction of sp³-hybridized carbons (Fsp3) is 1.00. The molecule has 1 spiro atoms. The zero-order chi connectivity index (χ0) is 11.8. The van der Waals surface area contributed by atoms with E-state index in [9.17, 15) is 0 Å². The van der Waals surface area contributed by atoms with Crippen LogP contribution in [0.4, 0.5) is 0 Å². The number of hydrogen-bond donors (Lipinski definition) is 0. The number of rotatable bonds is 0. The van der Waals surface area contributed by atoms with Gasteiger partial charge in [-0.15, -0.1) is 0 Å². The summed E-state index contributed by atoms with van der Waals surface area (Å²) in [5.74, 6) is -0.197. The van der Waals surface area contributed by atoms with Crippen molar-refractivity contribution in [1.29, 1.82) is 0 Å². The first-order chi connectivity index (χ1) is 8.41. The first-order valence-corrected chi connectivity index (χ1v) is 7.69. The van der Waals surface area contributed by atoms with Crippen LogP contribution in [0, 0.1) is 0 Å². The second kappa shape index (κ2) is 7.38. The topological polar surface area (TPSA) is 18.5 Å². The minimum absolute atomic E-state index is 0.197. The van der Waals surface area contributed by atoms with E-state index in [1.807, 2.05) is 0 Å². The monoisotopic (exact) mass is 240 g/mol. The number of ether oxygens (including phenoxy) is 2. The highest BCUT2D eigenvalue weighted by molar-refractivity contribution is 4.74. The molecule has 0 amide bonds. The Balaban J connectivity index is 1.83. The van der Waals surface area contributed by atoms with Crippen molar-refractivity contribution < 1.29 is 9.47 Å². The van der Waals surface area contributed by atoms with Gasteiger partial charge in [0, 0.05) is 12.8 Å². The number of hydrogen-bond acceptors (Lipinski definition) is 2. The molecule has 1 aliphatic heterocycles. The molecule has 0 radical (unpaired) electrons. The maximum Gasteiger partial charge on any atom is 0.168 e. The summed E-state index contributed by atoms with van der Waals surface area (Å²) in [5, 5.41) is 0. The van der Waals surface area contributed by atoms with Crippen LogP contribution in [-0.4, -0.2) is 19.0 Å². The van der Waals surface area contributed by atoms with Crippen LogP contribution in [0.25, 0.3) is 0 Å². The fourth-order valence-corrected chi connectivity index (χ4v) is 3.06.